The summed E-state index contributed by atoms with van der Waals surface area (Å²) < 4.78 is 0. The van der Waals surface area contributed by atoms with Crippen LogP contribution in [-0.2, 0) is 62.4 Å². The summed E-state index contributed by atoms with van der Waals surface area (Å²) in [6.45, 7) is 3.79. The number of primary amides is 1. The fourth-order valence-electron chi connectivity index (χ4n) is 8.73. The van der Waals surface area contributed by atoms with E-state index >= 15 is 9.59 Å². The Morgan fingerprint density at radius 2 is 0.940 bits per heavy atom. The van der Waals surface area contributed by atoms with Crippen molar-refractivity contribution in [2.45, 2.75) is 140 Å². The summed E-state index contributed by atoms with van der Waals surface area (Å²) in [6.07, 6.45) is 1.76. The Balaban J connectivity index is 2.09. The van der Waals surface area contributed by atoms with Gasteiger partial charge in [-0.3, -0.25) is 53.1 Å². The topological polar surface area (TPSA) is 450 Å². The Labute approximate surface area is 484 Å². The van der Waals surface area contributed by atoms with Gasteiger partial charge in [-0.1, -0.05) is 99.5 Å². The third-order valence-corrected chi connectivity index (χ3v) is 13.0. The summed E-state index contributed by atoms with van der Waals surface area (Å²) in [5, 5.41) is 35.6. The number of carbonyl (C=O) groups is 9. The average Bonchev–Trinajstić information content (AvgIpc) is 3.64. The monoisotopic (exact) mass is 1160 g/mol. The highest BCUT2D eigenvalue weighted by Gasteiger charge is 2.35. The van der Waals surface area contributed by atoms with E-state index in [0.29, 0.717) is 42.5 Å². The van der Waals surface area contributed by atoms with Gasteiger partial charge in [-0.2, -0.15) is 0 Å². The van der Waals surface area contributed by atoms with Crippen LogP contribution in [0.5, 0.6) is 5.75 Å². The number of hydrogen-bond donors (Lipinski definition) is 14. The van der Waals surface area contributed by atoms with Gasteiger partial charge >= 0.3 is 5.97 Å². The first-order valence-electron chi connectivity index (χ1n) is 27.8. The van der Waals surface area contributed by atoms with Crippen molar-refractivity contribution in [1.29, 1.82) is 0 Å². The largest absolute Gasteiger partial charge is 0.508 e. The molecule has 3 rings (SSSR count). The third-order valence-electron chi connectivity index (χ3n) is 13.0. The lowest BCUT2D eigenvalue weighted by atomic mass is 10.00. The molecule has 83 heavy (non-hydrogen) atoms. The molecular formula is C57H85N15O11. The zero-order chi connectivity index (χ0) is 61.3. The van der Waals surface area contributed by atoms with Crippen molar-refractivity contribution in [2.75, 3.05) is 32.7 Å². The predicted octanol–water partition coefficient (Wildman–Crippen LogP) is -0.820. The van der Waals surface area contributed by atoms with Crippen molar-refractivity contribution in [3.63, 3.8) is 0 Å². The smallest absolute Gasteiger partial charge is 0.303 e. The average molecular weight is 1160 g/mol. The quantitative estimate of drug-likeness (QED) is 0.0189. The van der Waals surface area contributed by atoms with Gasteiger partial charge in [0, 0.05) is 45.3 Å². The molecule has 0 unspecified atom stereocenters. The number of phenols is 1. The van der Waals surface area contributed by atoms with E-state index in [-0.39, 0.29) is 94.6 Å². The number of carboxylic acids is 1. The summed E-state index contributed by atoms with van der Waals surface area (Å²) in [4.78, 5) is 133. The van der Waals surface area contributed by atoms with Crippen LogP contribution in [0.25, 0.3) is 0 Å². The van der Waals surface area contributed by atoms with Crippen molar-refractivity contribution in [3.8, 4) is 5.75 Å². The number of aliphatic imine (C=N–C) groups is 2. The molecule has 0 bridgehead atoms. The van der Waals surface area contributed by atoms with E-state index < -0.39 is 109 Å². The Kier molecular flexibility index (Phi) is 30.7. The molecule has 0 aromatic heterocycles. The second kappa shape index (κ2) is 37.3. The molecule has 0 aliphatic rings. The zero-order valence-electron chi connectivity index (χ0n) is 47.4. The fraction of sp³-hybridized carbons (Fsp3) is 0.491. The van der Waals surface area contributed by atoms with Gasteiger partial charge in [0.1, 0.15) is 42.0 Å². The molecule has 454 valence electrons. The van der Waals surface area contributed by atoms with Crippen molar-refractivity contribution >= 4 is 65.1 Å². The number of rotatable bonds is 39. The molecule has 0 spiro atoms. The Morgan fingerprint density at radius 1 is 0.506 bits per heavy atom. The number of guanidine groups is 2. The van der Waals surface area contributed by atoms with Gasteiger partial charge in [0.05, 0.1) is 13.0 Å². The standard InChI is InChI=1S/C57H85N15O11/c1-36(2)31-43(50(59)78)68-51(79)42(20-14-29-65-57(62)63)67-48(75)35-72(30-12-4-3-11-27-58)55(83)46(34-38-17-9-6-10-18-38)71-54(82)44(32-37-15-7-5-8-16-37)70-53(81)45(33-39-21-23-40(73)24-22-39)69-52(80)41(19-13-28-64-56(60)61)66-47(74)25-26-49(76)77/h5-10,15-18,21-24,36,41-46,73H,3-4,11-14,19-20,25-35,58H2,1-2H3,(H2,59,78)(H,66,74)(H,67,75)(H,68,79)(H,69,80)(H,70,81)(H,71,82)(H,76,77)(H4,60,61,64)(H4,62,63,65)/t41-,42-,43-,44-,45-,46+/m0/s1. The van der Waals surface area contributed by atoms with Crippen LogP contribution in [0, 0.1) is 5.92 Å². The molecule has 0 aliphatic carbocycles. The van der Waals surface area contributed by atoms with Gasteiger partial charge in [0.25, 0.3) is 0 Å². The van der Waals surface area contributed by atoms with Crippen LogP contribution in [0.15, 0.2) is 94.9 Å². The van der Waals surface area contributed by atoms with Crippen molar-refractivity contribution in [1.82, 2.24) is 36.8 Å². The predicted molar refractivity (Wildman–Crippen MR) is 313 cm³/mol. The first-order valence-corrected chi connectivity index (χ1v) is 27.8. The molecule has 0 aliphatic heterocycles. The molecule has 26 nitrogen and oxygen atoms in total. The minimum Gasteiger partial charge on any atom is -0.508 e. The lowest BCUT2D eigenvalue weighted by Gasteiger charge is -2.30. The third kappa shape index (κ3) is 28.0. The maximum absolute atomic E-state index is 15.2. The van der Waals surface area contributed by atoms with E-state index in [4.69, 9.17) is 34.4 Å². The Morgan fingerprint density at radius 3 is 1.40 bits per heavy atom. The maximum atomic E-state index is 15.2. The number of nitrogens with two attached hydrogens (primary N) is 6. The lowest BCUT2D eigenvalue weighted by molar-refractivity contribution is -0.141. The molecule has 6 atom stereocenters. The van der Waals surface area contributed by atoms with Crippen LogP contribution in [0.3, 0.4) is 0 Å². The van der Waals surface area contributed by atoms with Crippen molar-refractivity contribution in [3.05, 3.63) is 102 Å². The molecule has 3 aromatic carbocycles. The first kappa shape index (κ1) is 68.5. The van der Waals surface area contributed by atoms with Gasteiger partial charge in [-0.05, 0) is 86.2 Å². The highest BCUT2D eigenvalue weighted by atomic mass is 16.4. The van der Waals surface area contributed by atoms with Crippen LogP contribution in [-0.4, -0.2) is 149 Å². The van der Waals surface area contributed by atoms with Crippen LogP contribution in [0.4, 0.5) is 0 Å². The second-order valence-electron chi connectivity index (χ2n) is 20.5. The lowest BCUT2D eigenvalue weighted by Crippen LogP contribution is -2.60. The number of benzene rings is 3. The minimum absolute atomic E-state index is 0.0255. The number of unbranched alkanes of at least 4 members (excludes halogenated alkanes) is 3. The van der Waals surface area contributed by atoms with E-state index in [9.17, 15) is 43.8 Å². The zero-order valence-corrected chi connectivity index (χ0v) is 47.4. The fourth-order valence-corrected chi connectivity index (χ4v) is 8.73. The van der Waals surface area contributed by atoms with E-state index in [2.05, 4.69) is 41.9 Å². The van der Waals surface area contributed by atoms with Gasteiger partial charge in [0.15, 0.2) is 11.9 Å². The first-order chi connectivity index (χ1) is 39.5. The summed E-state index contributed by atoms with van der Waals surface area (Å²) in [5.74, 6) is -7.85. The van der Waals surface area contributed by atoms with Crippen LogP contribution in [0.1, 0.15) is 101 Å². The van der Waals surface area contributed by atoms with Crippen molar-refractivity contribution < 1.29 is 53.4 Å². The number of aliphatic carboxylic acids is 1. The summed E-state index contributed by atoms with van der Waals surface area (Å²) in [5.41, 5.74) is 35.1. The number of nitrogens with zero attached hydrogens (tertiary/aromatic N) is 3. The number of amides is 8. The van der Waals surface area contributed by atoms with E-state index in [1.165, 1.54) is 29.2 Å². The maximum Gasteiger partial charge on any atom is 0.303 e. The Hall–Kier alpha value is -8.81. The summed E-state index contributed by atoms with van der Waals surface area (Å²) >= 11 is 0. The SMILES string of the molecule is CC(C)C[C@H](NC(=O)[C@H](CCCN=C(N)N)NC(=O)CN(CCCCCCN)C(=O)[C@@H](Cc1ccccc1)NC(=O)[C@H](Cc1ccccc1)NC(=O)[C@H](Cc1ccc(O)cc1)NC(=O)[C@H](CCCN=C(N)N)NC(=O)CCC(=O)O)C(N)=O. The molecule has 3 aromatic rings. The number of nitrogens with one attached hydrogen (secondary N) is 6. The highest BCUT2D eigenvalue weighted by Crippen LogP contribution is 2.15. The van der Waals surface area contributed by atoms with Crippen molar-refractivity contribution in [2.24, 2.45) is 50.3 Å². The number of carbonyl (C=O) groups excluding carboxylic acids is 8. The number of aromatic hydroxyl groups is 1. The number of phenolic OH excluding ortho intramolecular Hbond substituents is 1. The molecule has 26 heteroatoms. The molecule has 0 saturated carbocycles. The van der Waals surface area contributed by atoms with Crippen LogP contribution < -0.4 is 66.3 Å². The molecule has 0 saturated heterocycles. The van der Waals surface area contributed by atoms with Crippen LogP contribution in [0.2, 0.25) is 0 Å². The summed E-state index contributed by atoms with van der Waals surface area (Å²) in [6, 6.07) is 15.5. The summed E-state index contributed by atoms with van der Waals surface area (Å²) in [7, 11) is 0. The van der Waals surface area contributed by atoms with Gasteiger partial charge in [0.2, 0.25) is 47.3 Å². The normalized spacial score (nSPS) is 13.1. The molecule has 0 radical (unpaired) electrons. The molecular weight excluding hydrogens is 1070 g/mol. The van der Waals surface area contributed by atoms with E-state index in [1.54, 1.807) is 60.7 Å². The highest BCUT2D eigenvalue weighted by molar-refractivity contribution is 5.97. The minimum atomic E-state index is -1.45. The molecule has 20 N–H and O–H groups in total. The number of hydrogen-bond acceptors (Lipinski definition) is 13. The second-order valence-corrected chi connectivity index (χ2v) is 20.5. The van der Waals surface area contributed by atoms with Gasteiger partial charge in [-0.25, -0.2) is 0 Å². The van der Waals surface area contributed by atoms with Gasteiger partial charge < -0.3 is 81.4 Å². The molecule has 8 amide bonds. The van der Waals surface area contributed by atoms with Gasteiger partial charge in [-0.15, -0.1) is 0 Å². The Bertz CT molecular complexity index is 2620. The molecule has 0 fully saturated rings. The number of carboxylic acid groups (broad SMARTS) is 1. The molecule has 0 heterocycles. The van der Waals surface area contributed by atoms with E-state index in [0.717, 1.165) is 6.42 Å². The van der Waals surface area contributed by atoms with E-state index in [1.807, 2.05) is 13.8 Å². The van der Waals surface area contributed by atoms with Crippen LogP contribution >= 0.6 is 0 Å².